The molecule has 0 spiro atoms. The molecule has 6 heteroatoms. The van der Waals surface area contributed by atoms with Crippen LogP contribution in [0, 0.1) is 12.8 Å². The summed E-state index contributed by atoms with van der Waals surface area (Å²) in [4.78, 5) is 16.7. The molecule has 2 fully saturated rings. The number of carbonyl (C=O) groups excluding carboxylic acids is 1. The highest BCUT2D eigenvalue weighted by Gasteiger charge is 2.51. The second-order valence-corrected chi connectivity index (χ2v) is 6.98. The molecule has 0 bridgehead atoms. The van der Waals surface area contributed by atoms with Crippen molar-refractivity contribution in [3.63, 3.8) is 0 Å². The van der Waals surface area contributed by atoms with Gasteiger partial charge in [0.2, 0.25) is 11.8 Å². The number of carbonyl (C=O) groups is 1. The lowest BCUT2D eigenvalue weighted by Crippen LogP contribution is -2.31. The van der Waals surface area contributed by atoms with Gasteiger partial charge in [0.25, 0.3) is 0 Å². The fraction of sp³-hybridized carbons (Fsp3) is 0.500. The lowest BCUT2D eigenvalue weighted by Gasteiger charge is -2.22. The van der Waals surface area contributed by atoms with Gasteiger partial charge in [0.15, 0.2) is 5.82 Å². The summed E-state index contributed by atoms with van der Waals surface area (Å²) in [5.74, 6) is 1.61. The number of nitrogens with zero attached hydrogens (tertiary/aromatic N) is 2. The summed E-state index contributed by atoms with van der Waals surface area (Å²) in [6.07, 6.45) is 3.63. The summed E-state index contributed by atoms with van der Waals surface area (Å²) in [7, 11) is 0. The monoisotopic (exact) mass is 326 g/mol. The average molecular weight is 326 g/mol. The first kappa shape index (κ1) is 15.3. The minimum absolute atomic E-state index is 0.0152. The summed E-state index contributed by atoms with van der Waals surface area (Å²) >= 11 is 0. The minimum Gasteiger partial charge on any atom is -0.339 e. The summed E-state index contributed by atoms with van der Waals surface area (Å²) < 4.78 is 5.54. The van der Waals surface area contributed by atoms with Crippen molar-refractivity contribution in [1.82, 2.24) is 15.5 Å². The first-order chi connectivity index (χ1) is 11.7. The van der Waals surface area contributed by atoms with E-state index in [1.165, 1.54) is 12.8 Å². The third-order valence-electron chi connectivity index (χ3n) is 5.34. The highest BCUT2D eigenvalue weighted by Crippen LogP contribution is 2.47. The van der Waals surface area contributed by atoms with Gasteiger partial charge in [-0.15, -0.1) is 0 Å². The Morgan fingerprint density at radius 3 is 3.08 bits per heavy atom. The second-order valence-electron chi connectivity index (χ2n) is 6.98. The van der Waals surface area contributed by atoms with Crippen molar-refractivity contribution in [2.75, 3.05) is 18.4 Å². The summed E-state index contributed by atoms with van der Waals surface area (Å²) in [6, 6.07) is 7.71. The molecule has 2 N–H and O–H groups in total. The van der Waals surface area contributed by atoms with Gasteiger partial charge in [-0.1, -0.05) is 29.3 Å². The van der Waals surface area contributed by atoms with Crippen LogP contribution in [0.4, 0.5) is 5.69 Å². The number of anilines is 1. The number of benzene rings is 1. The zero-order valence-corrected chi connectivity index (χ0v) is 13.8. The molecule has 4 rings (SSSR count). The summed E-state index contributed by atoms with van der Waals surface area (Å²) in [6.45, 7) is 3.93. The van der Waals surface area contributed by atoms with Crippen molar-refractivity contribution >= 4 is 11.6 Å². The van der Waals surface area contributed by atoms with Crippen molar-refractivity contribution in [2.45, 2.75) is 38.0 Å². The van der Waals surface area contributed by atoms with Crippen LogP contribution in [0.25, 0.3) is 0 Å². The molecular weight excluding hydrogens is 304 g/mol. The van der Waals surface area contributed by atoms with Crippen LogP contribution in [0.15, 0.2) is 28.8 Å². The van der Waals surface area contributed by atoms with Gasteiger partial charge in [0, 0.05) is 12.2 Å². The van der Waals surface area contributed by atoms with Crippen LogP contribution >= 0.6 is 0 Å². The predicted molar refractivity (Wildman–Crippen MR) is 89.7 cm³/mol. The molecule has 2 aromatic rings. The van der Waals surface area contributed by atoms with Crippen LogP contribution in [0.3, 0.4) is 0 Å². The van der Waals surface area contributed by atoms with Gasteiger partial charge in [-0.25, -0.2) is 0 Å². The molecule has 126 valence electrons. The standard InChI is InChI=1S/C18H22N4O2/c1-12-4-6-14(7-5-12)20-16(23)9-15-21-17(24-22-15)18-8-2-3-13(18)10-19-11-18/h4-7,13,19H,2-3,8-11H2,1H3,(H,20,23)/t13-,18-/m1/s1. The van der Waals surface area contributed by atoms with E-state index in [1.807, 2.05) is 31.2 Å². The number of aryl methyl sites for hydroxylation is 1. The van der Waals surface area contributed by atoms with Crippen molar-refractivity contribution in [3.05, 3.63) is 41.5 Å². The average Bonchev–Trinajstić information content (AvgIpc) is 3.24. The highest BCUT2D eigenvalue weighted by molar-refractivity contribution is 5.91. The molecule has 1 aliphatic carbocycles. The molecule has 2 atom stereocenters. The number of amides is 1. The molecule has 1 amide bonds. The summed E-state index contributed by atoms with van der Waals surface area (Å²) in [5.41, 5.74) is 1.92. The number of nitrogens with one attached hydrogen (secondary N) is 2. The fourth-order valence-corrected chi connectivity index (χ4v) is 4.01. The number of aromatic nitrogens is 2. The van der Waals surface area contributed by atoms with Gasteiger partial charge in [-0.05, 0) is 44.4 Å². The molecular formula is C18H22N4O2. The Morgan fingerprint density at radius 1 is 1.42 bits per heavy atom. The number of hydrogen-bond acceptors (Lipinski definition) is 5. The normalized spacial score (nSPS) is 25.6. The van der Waals surface area contributed by atoms with Gasteiger partial charge in [-0.2, -0.15) is 4.98 Å². The van der Waals surface area contributed by atoms with E-state index in [0.29, 0.717) is 17.6 Å². The van der Waals surface area contributed by atoms with Crippen molar-refractivity contribution in [2.24, 2.45) is 5.92 Å². The molecule has 2 aliphatic rings. The van der Waals surface area contributed by atoms with Gasteiger partial charge < -0.3 is 15.2 Å². The Hall–Kier alpha value is -2.21. The Balaban J connectivity index is 1.43. The van der Waals surface area contributed by atoms with E-state index >= 15 is 0 Å². The van der Waals surface area contributed by atoms with Crippen LogP contribution in [0.1, 0.15) is 36.5 Å². The molecule has 1 aliphatic heterocycles. The third kappa shape index (κ3) is 2.71. The smallest absolute Gasteiger partial charge is 0.234 e. The van der Waals surface area contributed by atoms with Crippen LogP contribution < -0.4 is 10.6 Å². The van der Waals surface area contributed by atoms with Gasteiger partial charge in [0.05, 0.1) is 11.8 Å². The van der Waals surface area contributed by atoms with Crippen LogP contribution in [0.2, 0.25) is 0 Å². The zero-order chi connectivity index (χ0) is 16.6. The van der Waals surface area contributed by atoms with E-state index < -0.39 is 0 Å². The van der Waals surface area contributed by atoms with E-state index in [2.05, 4.69) is 20.8 Å². The molecule has 6 nitrogen and oxygen atoms in total. The molecule has 1 saturated carbocycles. The Labute approximate surface area is 141 Å². The SMILES string of the molecule is Cc1ccc(NC(=O)Cc2noc([C@@]34CCC[C@@H]3CNC4)n2)cc1. The van der Waals surface area contributed by atoms with Gasteiger partial charge in [0.1, 0.15) is 0 Å². The number of fused-ring (bicyclic) bond motifs is 1. The molecule has 1 saturated heterocycles. The van der Waals surface area contributed by atoms with Gasteiger partial charge >= 0.3 is 0 Å². The van der Waals surface area contributed by atoms with Gasteiger partial charge in [-0.3, -0.25) is 4.79 Å². The van der Waals surface area contributed by atoms with Crippen LogP contribution in [0.5, 0.6) is 0 Å². The Kier molecular flexibility index (Phi) is 3.84. The first-order valence-electron chi connectivity index (χ1n) is 8.56. The van der Waals surface area contributed by atoms with Crippen molar-refractivity contribution < 1.29 is 9.32 Å². The van der Waals surface area contributed by atoms with Crippen LogP contribution in [-0.4, -0.2) is 29.1 Å². The fourth-order valence-electron chi connectivity index (χ4n) is 4.01. The first-order valence-corrected chi connectivity index (χ1v) is 8.56. The molecule has 1 aromatic heterocycles. The van der Waals surface area contributed by atoms with E-state index in [9.17, 15) is 4.79 Å². The molecule has 1 aromatic carbocycles. The molecule has 2 heterocycles. The van der Waals surface area contributed by atoms with E-state index in [0.717, 1.165) is 30.8 Å². The minimum atomic E-state index is -0.128. The predicted octanol–water partition coefficient (Wildman–Crippen LogP) is 2.20. The van der Waals surface area contributed by atoms with Crippen molar-refractivity contribution in [3.8, 4) is 0 Å². The summed E-state index contributed by atoms with van der Waals surface area (Å²) in [5, 5.41) is 10.3. The quantitative estimate of drug-likeness (QED) is 0.900. The molecule has 0 unspecified atom stereocenters. The van der Waals surface area contributed by atoms with E-state index in [4.69, 9.17) is 4.52 Å². The number of hydrogen-bond donors (Lipinski definition) is 2. The largest absolute Gasteiger partial charge is 0.339 e. The zero-order valence-electron chi connectivity index (χ0n) is 13.8. The topological polar surface area (TPSA) is 80.0 Å². The number of rotatable bonds is 4. The maximum Gasteiger partial charge on any atom is 0.234 e. The maximum atomic E-state index is 12.2. The molecule has 0 radical (unpaired) electrons. The lowest BCUT2D eigenvalue weighted by atomic mass is 9.80. The van der Waals surface area contributed by atoms with E-state index in [1.54, 1.807) is 0 Å². The molecule has 24 heavy (non-hydrogen) atoms. The van der Waals surface area contributed by atoms with E-state index in [-0.39, 0.29) is 17.7 Å². The second kappa shape index (κ2) is 6.02. The van der Waals surface area contributed by atoms with Crippen molar-refractivity contribution in [1.29, 1.82) is 0 Å². The third-order valence-corrected chi connectivity index (χ3v) is 5.34. The lowest BCUT2D eigenvalue weighted by molar-refractivity contribution is -0.115. The van der Waals surface area contributed by atoms with Crippen LogP contribution in [-0.2, 0) is 16.6 Å². The Morgan fingerprint density at radius 2 is 2.25 bits per heavy atom. The highest BCUT2D eigenvalue weighted by atomic mass is 16.5. The maximum absolute atomic E-state index is 12.2. The Bertz CT molecular complexity index is 728.